The van der Waals surface area contributed by atoms with Crippen LogP contribution in [0.2, 0.25) is 0 Å². The van der Waals surface area contributed by atoms with Crippen molar-refractivity contribution in [3.05, 3.63) is 39.7 Å². The zero-order valence-electron chi connectivity index (χ0n) is 16.7. The first kappa shape index (κ1) is 19.9. The first-order valence-electron chi connectivity index (χ1n) is 9.56. The van der Waals surface area contributed by atoms with Crippen LogP contribution in [0.1, 0.15) is 49.1 Å². The van der Waals surface area contributed by atoms with Crippen LogP contribution in [0.5, 0.6) is 11.5 Å². The van der Waals surface area contributed by atoms with Crippen molar-refractivity contribution in [1.29, 1.82) is 0 Å². The van der Waals surface area contributed by atoms with Gasteiger partial charge in [0.15, 0.2) is 11.5 Å². The van der Waals surface area contributed by atoms with Gasteiger partial charge < -0.3 is 19.9 Å². The van der Waals surface area contributed by atoms with Crippen molar-refractivity contribution < 1.29 is 19.4 Å². The molecule has 1 saturated heterocycles. The van der Waals surface area contributed by atoms with E-state index in [2.05, 4.69) is 10.4 Å². The molecule has 1 fully saturated rings. The molecule has 3 heterocycles. The molecule has 0 saturated carbocycles. The maximum atomic E-state index is 13.0. The van der Waals surface area contributed by atoms with Gasteiger partial charge in [0, 0.05) is 6.61 Å². The number of anilines is 1. The number of amides is 1. The molecule has 4 rings (SSSR count). The number of aromatic hydroxyl groups is 1. The molecule has 2 aliphatic heterocycles. The summed E-state index contributed by atoms with van der Waals surface area (Å²) in [5.41, 5.74) is 0.692. The van der Waals surface area contributed by atoms with Crippen LogP contribution in [-0.2, 0) is 9.53 Å². The quantitative estimate of drug-likeness (QED) is 0.707. The number of ether oxygens (including phenoxy) is 2. The van der Waals surface area contributed by atoms with Gasteiger partial charge in [-0.3, -0.25) is 19.4 Å². The fourth-order valence-corrected chi connectivity index (χ4v) is 5.19. The minimum atomic E-state index is -0.390. The maximum absolute atomic E-state index is 13.0. The lowest BCUT2D eigenvalue weighted by molar-refractivity contribution is -0.113. The third kappa shape index (κ3) is 3.76. The summed E-state index contributed by atoms with van der Waals surface area (Å²) in [4.78, 5) is 25.4. The average molecular weight is 420 g/mol. The van der Waals surface area contributed by atoms with Gasteiger partial charge in [0.25, 0.3) is 5.56 Å². The Hall–Kier alpha value is -2.39. The fraction of sp³-hybridized carbons (Fsp3) is 0.500. The van der Waals surface area contributed by atoms with E-state index in [1.807, 2.05) is 19.9 Å². The molecule has 0 radical (unpaired) electrons. The van der Waals surface area contributed by atoms with Crippen LogP contribution in [0, 0.1) is 0 Å². The fourth-order valence-electron chi connectivity index (χ4n) is 4.07. The Morgan fingerprint density at radius 3 is 2.83 bits per heavy atom. The van der Waals surface area contributed by atoms with Crippen LogP contribution in [0.15, 0.2) is 23.0 Å². The lowest BCUT2D eigenvalue weighted by Gasteiger charge is -2.36. The number of thioether (sulfide) groups is 1. The second-order valence-corrected chi connectivity index (χ2v) is 9.09. The molecule has 1 aromatic heterocycles. The van der Waals surface area contributed by atoms with Crippen LogP contribution in [0.4, 0.5) is 5.82 Å². The predicted molar refractivity (Wildman–Crippen MR) is 111 cm³/mol. The van der Waals surface area contributed by atoms with E-state index in [1.54, 1.807) is 16.8 Å². The Morgan fingerprint density at radius 1 is 1.34 bits per heavy atom. The molecule has 1 aromatic carbocycles. The van der Waals surface area contributed by atoms with E-state index in [1.165, 1.54) is 18.9 Å². The molecule has 2 atom stereocenters. The van der Waals surface area contributed by atoms with Crippen LogP contribution in [-0.4, -0.2) is 45.9 Å². The van der Waals surface area contributed by atoms with Crippen LogP contribution >= 0.6 is 11.8 Å². The summed E-state index contributed by atoms with van der Waals surface area (Å²) in [6.45, 7) is 4.64. The highest BCUT2D eigenvalue weighted by molar-refractivity contribution is 8.00. The van der Waals surface area contributed by atoms with Gasteiger partial charge in [0.1, 0.15) is 5.82 Å². The number of hydrogen-bond donors (Lipinski definition) is 3. The lowest BCUT2D eigenvalue weighted by Crippen LogP contribution is -2.36. The van der Waals surface area contributed by atoms with E-state index in [-0.39, 0.29) is 34.6 Å². The number of carbonyl (C=O) groups excluding carboxylic acids is 1. The number of H-pyrrole nitrogens is 1. The molecule has 0 unspecified atom stereocenters. The SMILES string of the molecule is COc1ccc([C@H]2SCC(=O)Nc3c2c(=O)[nH]n3[C@H]2CCOC(C)(C)C2)cc1O. The number of carbonyl (C=O) groups is 1. The normalized spacial score (nSPS) is 23.8. The highest BCUT2D eigenvalue weighted by Gasteiger charge is 2.36. The molecule has 9 heteroatoms. The smallest absolute Gasteiger partial charge is 0.270 e. The third-order valence-corrected chi connectivity index (χ3v) is 6.68. The van der Waals surface area contributed by atoms with Crippen LogP contribution in [0.3, 0.4) is 0 Å². The number of nitrogens with one attached hydrogen (secondary N) is 2. The number of nitrogens with zero attached hydrogens (tertiary/aromatic N) is 1. The summed E-state index contributed by atoms with van der Waals surface area (Å²) >= 11 is 1.36. The van der Waals surface area contributed by atoms with Gasteiger partial charge in [0.2, 0.25) is 5.91 Å². The Labute approximate surface area is 172 Å². The molecule has 0 aliphatic carbocycles. The summed E-state index contributed by atoms with van der Waals surface area (Å²) in [5.74, 6) is 0.921. The number of benzene rings is 1. The minimum Gasteiger partial charge on any atom is -0.504 e. The zero-order valence-corrected chi connectivity index (χ0v) is 17.5. The van der Waals surface area contributed by atoms with Crippen molar-refractivity contribution in [1.82, 2.24) is 9.78 Å². The van der Waals surface area contributed by atoms with Gasteiger partial charge in [0.05, 0.1) is 35.3 Å². The Morgan fingerprint density at radius 2 is 2.14 bits per heavy atom. The molecule has 0 spiro atoms. The first-order valence-corrected chi connectivity index (χ1v) is 10.6. The minimum absolute atomic E-state index is 0.00211. The molecule has 8 nitrogen and oxygen atoms in total. The summed E-state index contributed by atoms with van der Waals surface area (Å²) in [7, 11) is 1.48. The van der Waals surface area contributed by atoms with E-state index in [9.17, 15) is 14.7 Å². The number of rotatable bonds is 3. The molecule has 156 valence electrons. The highest BCUT2D eigenvalue weighted by Crippen LogP contribution is 2.43. The van der Waals surface area contributed by atoms with E-state index in [4.69, 9.17) is 9.47 Å². The van der Waals surface area contributed by atoms with Gasteiger partial charge in [-0.25, -0.2) is 0 Å². The molecule has 3 N–H and O–H groups in total. The van der Waals surface area contributed by atoms with E-state index in [0.29, 0.717) is 23.7 Å². The molecular weight excluding hydrogens is 394 g/mol. The number of methoxy groups -OCH3 is 1. The largest absolute Gasteiger partial charge is 0.504 e. The monoisotopic (exact) mass is 419 g/mol. The van der Waals surface area contributed by atoms with Crippen LogP contribution < -0.4 is 15.6 Å². The van der Waals surface area contributed by atoms with Crippen molar-refractivity contribution in [3.8, 4) is 11.5 Å². The molecule has 1 amide bonds. The average Bonchev–Trinajstić information content (AvgIpc) is 2.87. The Kier molecular flexibility index (Phi) is 5.12. The molecule has 2 aromatic rings. The molecule has 29 heavy (non-hydrogen) atoms. The summed E-state index contributed by atoms with van der Waals surface area (Å²) < 4.78 is 12.7. The standard InChI is InChI=1S/C20H25N3O5S/c1-20(2)9-12(6-7-28-20)23-18-16(19(26)22-23)17(29-10-15(25)21-18)11-4-5-14(27-3)13(24)8-11/h4-5,8,12,17,24H,6-7,9-10H2,1-3H3,(H,21,25)(H,22,26)/t12-,17+/m0/s1. The molecule has 0 bridgehead atoms. The zero-order chi connectivity index (χ0) is 20.8. The second-order valence-electron chi connectivity index (χ2n) is 8.00. The number of hydrogen-bond acceptors (Lipinski definition) is 6. The number of phenols is 1. The van der Waals surface area contributed by atoms with Crippen molar-refractivity contribution in [2.45, 2.75) is 43.6 Å². The van der Waals surface area contributed by atoms with Gasteiger partial charge >= 0.3 is 0 Å². The topological polar surface area (TPSA) is 106 Å². The van der Waals surface area contributed by atoms with Crippen molar-refractivity contribution in [3.63, 3.8) is 0 Å². The maximum Gasteiger partial charge on any atom is 0.270 e. The first-order chi connectivity index (χ1) is 13.8. The van der Waals surface area contributed by atoms with Gasteiger partial charge in [-0.2, -0.15) is 0 Å². The lowest BCUT2D eigenvalue weighted by atomic mass is 9.94. The number of aromatic amines is 1. The second kappa shape index (κ2) is 7.46. The van der Waals surface area contributed by atoms with Crippen molar-refractivity contribution in [2.75, 3.05) is 24.8 Å². The van der Waals surface area contributed by atoms with Crippen molar-refractivity contribution in [2.24, 2.45) is 0 Å². The Bertz CT molecular complexity index is 996. The number of fused-ring (bicyclic) bond motifs is 1. The van der Waals surface area contributed by atoms with E-state index >= 15 is 0 Å². The van der Waals surface area contributed by atoms with Crippen molar-refractivity contribution >= 4 is 23.5 Å². The van der Waals surface area contributed by atoms with Gasteiger partial charge in [-0.15, -0.1) is 11.8 Å². The Balaban J connectivity index is 1.79. The predicted octanol–water partition coefficient (Wildman–Crippen LogP) is 2.80. The summed E-state index contributed by atoms with van der Waals surface area (Å²) in [5, 5.41) is 15.7. The van der Waals surface area contributed by atoms with E-state index in [0.717, 1.165) is 18.4 Å². The van der Waals surface area contributed by atoms with Gasteiger partial charge in [-0.05, 0) is 44.4 Å². The number of phenolic OH excluding ortho intramolecular Hbond substituents is 1. The van der Waals surface area contributed by atoms with Gasteiger partial charge in [-0.1, -0.05) is 6.07 Å². The van der Waals surface area contributed by atoms with Crippen LogP contribution in [0.25, 0.3) is 0 Å². The molecule has 2 aliphatic rings. The number of aromatic nitrogens is 2. The summed E-state index contributed by atoms with van der Waals surface area (Å²) in [6, 6.07) is 5.08. The third-order valence-electron chi connectivity index (χ3n) is 5.41. The van der Waals surface area contributed by atoms with E-state index < -0.39 is 5.25 Å². The highest BCUT2D eigenvalue weighted by atomic mass is 32.2. The molecular formula is C20H25N3O5S. The summed E-state index contributed by atoms with van der Waals surface area (Å²) in [6.07, 6.45) is 1.47.